The number of nitrogens with two attached hydrogens (primary N) is 1. The number of anilines is 3. The van der Waals surface area contributed by atoms with Crippen molar-refractivity contribution in [1.82, 2.24) is 0 Å². The van der Waals surface area contributed by atoms with Crippen molar-refractivity contribution in [3.8, 4) is 5.75 Å². The Morgan fingerprint density at radius 2 is 2.14 bits per heavy atom. The van der Waals surface area contributed by atoms with E-state index in [2.05, 4.69) is 10.6 Å². The lowest BCUT2D eigenvalue weighted by Gasteiger charge is -2.20. The maximum Gasteiger partial charge on any atom is 0.389 e. The van der Waals surface area contributed by atoms with E-state index in [9.17, 15) is 22.8 Å². The van der Waals surface area contributed by atoms with Crippen molar-refractivity contribution in [3.05, 3.63) is 12.1 Å². The number of amides is 2. The summed E-state index contributed by atoms with van der Waals surface area (Å²) in [6.07, 6.45) is -6.33. The molecule has 2 rings (SSSR count). The number of alkyl halides is 3. The zero-order valence-corrected chi connectivity index (χ0v) is 10.7. The number of fused-ring (bicyclic) bond motifs is 1. The molecule has 1 aromatic rings. The van der Waals surface area contributed by atoms with Gasteiger partial charge >= 0.3 is 6.18 Å². The number of carbonyl (C=O) groups excluding carboxylic acids is 2. The van der Waals surface area contributed by atoms with Gasteiger partial charge in [0.2, 0.25) is 5.91 Å². The van der Waals surface area contributed by atoms with Gasteiger partial charge in [-0.25, -0.2) is 0 Å². The molecule has 0 saturated heterocycles. The second-order valence-corrected chi connectivity index (χ2v) is 4.44. The minimum Gasteiger partial charge on any atom is -0.482 e. The number of nitrogens with one attached hydrogen (secondary N) is 2. The van der Waals surface area contributed by atoms with Gasteiger partial charge in [-0.1, -0.05) is 0 Å². The predicted octanol–water partition coefficient (Wildman–Crippen LogP) is 1.88. The smallest absolute Gasteiger partial charge is 0.389 e. The molecule has 0 aromatic heterocycles. The molecule has 2 amide bonds. The van der Waals surface area contributed by atoms with E-state index in [-0.39, 0.29) is 23.9 Å². The Hall–Kier alpha value is -2.45. The largest absolute Gasteiger partial charge is 0.482 e. The fourth-order valence-electron chi connectivity index (χ4n) is 1.72. The minimum absolute atomic E-state index is 0.117. The third-order valence-corrected chi connectivity index (χ3v) is 2.69. The van der Waals surface area contributed by atoms with Crippen molar-refractivity contribution in [2.75, 3.05) is 23.0 Å². The van der Waals surface area contributed by atoms with Gasteiger partial charge in [-0.05, 0) is 6.07 Å². The second-order valence-electron chi connectivity index (χ2n) is 4.44. The zero-order valence-electron chi connectivity index (χ0n) is 10.7. The van der Waals surface area contributed by atoms with Crippen LogP contribution in [0, 0.1) is 0 Å². The average molecular weight is 303 g/mol. The first-order chi connectivity index (χ1) is 9.74. The summed E-state index contributed by atoms with van der Waals surface area (Å²) in [4.78, 5) is 22.6. The van der Waals surface area contributed by atoms with Gasteiger partial charge in [0, 0.05) is 12.5 Å². The first-order valence-electron chi connectivity index (χ1n) is 5.97. The van der Waals surface area contributed by atoms with Crippen molar-refractivity contribution in [3.63, 3.8) is 0 Å². The van der Waals surface area contributed by atoms with Crippen molar-refractivity contribution < 1.29 is 27.5 Å². The Balaban J connectivity index is 2.08. The lowest BCUT2D eigenvalue weighted by Crippen LogP contribution is -2.26. The summed E-state index contributed by atoms with van der Waals surface area (Å²) in [6, 6.07) is 2.72. The van der Waals surface area contributed by atoms with Crippen LogP contribution in [0.4, 0.5) is 30.2 Å². The number of rotatable bonds is 3. The first kappa shape index (κ1) is 14.9. The van der Waals surface area contributed by atoms with Gasteiger partial charge in [0.1, 0.15) is 5.75 Å². The molecule has 0 saturated carbocycles. The molecule has 1 aliphatic heterocycles. The molecule has 0 unspecified atom stereocenters. The lowest BCUT2D eigenvalue weighted by atomic mass is 10.2. The number of nitrogen functional groups attached to an aromatic ring is 1. The molecule has 0 radical (unpaired) electrons. The van der Waals surface area contributed by atoms with Crippen LogP contribution in [0.2, 0.25) is 0 Å². The highest BCUT2D eigenvalue weighted by molar-refractivity contribution is 6.00. The fraction of sp³-hybridized carbons (Fsp3) is 0.333. The van der Waals surface area contributed by atoms with Crippen LogP contribution in [0.3, 0.4) is 0 Å². The Kier molecular flexibility index (Phi) is 3.92. The molecule has 1 aromatic carbocycles. The monoisotopic (exact) mass is 303 g/mol. The summed E-state index contributed by atoms with van der Waals surface area (Å²) in [5, 5.41) is 4.78. The van der Waals surface area contributed by atoms with E-state index in [0.29, 0.717) is 11.4 Å². The van der Waals surface area contributed by atoms with E-state index in [0.717, 1.165) is 0 Å². The molecular weight excluding hydrogens is 291 g/mol. The molecule has 0 atom stereocenters. The van der Waals surface area contributed by atoms with E-state index >= 15 is 0 Å². The lowest BCUT2D eigenvalue weighted by molar-refractivity contribution is -0.142. The molecule has 0 aliphatic carbocycles. The van der Waals surface area contributed by atoms with E-state index in [1.165, 1.54) is 12.1 Å². The van der Waals surface area contributed by atoms with Crippen LogP contribution in [0.5, 0.6) is 5.75 Å². The predicted molar refractivity (Wildman–Crippen MR) is 68.9 cm³/mol. The fourth-order valence-corrected chi connectivity index (χ4v) is 1.72. The number of ether oxygens (including phenoxy) is 1. The quantitative estimate of drug-likeness (QED) is 0.743. The molecule has 0 spiro atoms. The van der Waals surface area contributed by atoms with Gasteiger partial charge in [0.15, 0.2) is 6.61 Å². The number of halogens is 3. The van der Waals surface area contributed by atoms with Crippen molar-refractivity contribution >= 4 is 28.9 Å². The third-order valence-electron chi connectivity index (χ3n) is 2.69. The molecular formula is C12H12F3N3O3. The minimum atomic E-state index is -4.40. The summed E-state index contributed by atoms with van der Waals surface area (Å²) in [5.74, 6) is -0.857. The highest BCUT2D eigenvalue weighted by atomic mass is 19.4. The van der Waals surface area contributed by atoms with Crippen molar-refractivity contribution in [2.45, 2.75) is 19.0 Å². The van der Waals surface area contributed by atoms with Crippen LogP contribution in [-0.2, 0) is 9.59 Å². The average Bonchev–Trinajstić information content (AvgIpc) is 2.37. The van der Waals surface area contributed by atoms with E-state index in [4.69, 9.17) is 10.5 Å². The van der Waals surface area contributed by atoms with Gasteiger partial charge in [0.05, 0.1) is 23.5 Å². The maximum atomic E-state index is 12.0. The Labute approximate surface area is 117 Å². The highest BCUT2D eigenvalue weighted by Gasteiger charge is 2.28. The molecule has 0 fully saturated rings. The third kappa shape index (κ3) is 4.01. The number of hydrogen-bond donors (Lipinski definition) is 3. The molecule has 4 N–H and O–H groups in total. The maximum absolute atomic E-state index is 12.0. The molecule has 0 bridgehead atoms. The van der Waals surface area contributed by atoms with Crippen LogP contribution < -0.4 is 21.1 Å². The van der Waals surface area contributed by atoms with Gasteiger partial charge in [0.25, 0.3) is 5.91 Å². The van der Waals surface area contributed by atoms with Crippen LogP contribution in [0.1, 0.15) is 12.8 Å². The molecule has 6 nitrogen and oxygen atoms in total. The molecule has 9 heteroatoms. The van der Waals surface area contributed by atoms with Crippen LogP contribution >= 0.6 is 0 Å². The van der Waals surface area contributed by atoms with Gasteiger partial charge in [-0.15, -0.1) is 0 Å². The van der Waals surface area contributed by atoms with Crippen LogP contribution in [0.15, 0.2) is 12.1 Å². The summed E-state index contributed by atoms with van der Waals surface area (Å²) in [5.41, 5.74) is 6.22. The molecule has 1 heterocycles. The molecule has 114 valence electrons. The summed E-state index contributed by atoms with van der Waals surface area (Å²) < 4.78 is 41.2. The van der Waals surface area contributed by atoms with Gasteiger partial charge in [-0.2, -0.15) is 13.2 Å². The number of hydrogen-bond acceptors (Lipinski definition) is 4. The van der Waals surface area contributed by atoms with E-state index in [1.807, 2.05) is 0 Å². The second kappa shape index (κ2) is 5.51. The number of carbonyl (C=O) groups is 2. The summed E-state index contributed by atoms with van der Waals surface area (Å²) in [6.45, 7) is -0.149. The highest BCUT2D eigenvalue weighted by Crippen LogP contribution is 2.35. The first-order valence-corrected chi connectivity index (χ1v) is 5.97. The Bertz CT molecular complexity index is 587. The van der Waals surface area contributed by atoms with Crippen molar-refractivity contribution in [2.24, 2.45) is 0 Å². The Morgan fingerprint density at radius 1 is 1.43 bits per heavy atom. The van der Waals surface area contributed by atoms with Gasteiger partial charge in [-0.3, -0.25) is 9.59 Å². The van der Waals surface area contributed by atoms with E-state index < -0.39 is 24.9 Å². The summed E-state index contributed by atoms with van der Waals surface area (Å²) in [7, 11) is 0. The van der Waals surface area contributed by atoms with Crippen LogP contribution in [0.25, 0.3) is 0 Å². The molecule has 21 heavy (non-hydrogen) atoms. The normalized spacial score (nSPS) is 14.0. The summed E-state index contributed by atoms with van der Waals surface area (Å²) >= 11 is 0. The van der Waals surface area contributed by atoms with E-state index in [1.54, 1.807) is 0 Å². The SMILES string of the molecule is Nc1cc2c(cc1NC(=O)CCC(F)(F)F)NC(=O)CO2. The zero-order chi connectivity index (χ0) is 15.6. The standard InChI is InChI=1S/C12H12F3N3O3/c13-12(14,15)2-1-10(19)17-7-4-8-9(3-6(7)16)21-5-11(20)18-8/h3-4H,1-2,5,16H2,(H,17,19)(H,18,20). The topological polar surface area (TPSA) is 93.5 Å². The van der Waals surface area contributed by atoms with Crippen molar-refractivity contribution in [1.29, 1.82) is 0 Å². The number of benzene rings is 1. The van der Waals surface area contributed by atoms with Gasteiger partial charge < -0.3 is 21.1 Å². The van der Waals surface area contributed by atoms with Crippen LogP contribution in [-0.4, -0.2) is 24.6 Å². The Morgan fingerprint density at radius 3 is 2.81 bits per heavy atom. The molecule has 1 aliphatic rings.